The summed E-state index contributed by atoms with van der Waals surface area (Å²) in [5, 5.41) is 5.78. The minimum Gasteiger partial charge on any atom is -0.494 e. The van der Waals surface area contributed by atoms with E-state index >= 15 is 0 Å². The molecule has 0 unspecified atom stereocenters. The number of hydrogen-bond acceptors (Lipinski definition) is 5. The first-order valence-electron chi connectivity index (χ1n) is 6.83. The van der Waals surface area contributed by atoms with Crippen molar-refractivity contribution in [3.05, 3.63) is 42.4 Å². The lowest BCUT2D eigenvalue weighted by Crippen LogP contribution is -2.14. The highest BCUT2D eigenvalue weighted by Crippen LogP contribution is 2.16. The maximum atomic E-state index is 12.0. The van der Waals surface area contributed by atoms with E-state index in [9.17, 15) is 4.79 Å². The number of aromatic nitrogens is 2. The Labute approximate surface area is 123 Å². The monoisotopic (exact) mass is 286 g/mol. The Balaban J connectivity index is 2.00. The van der Waals surface area contributed by atoms with Crippen LogP contribution in [0.5, 0.6) is 5.75 Å². The smallest absolute Gasteiger partial charge is 0.275 e. The molecular formula is C15H18N4O2. The summed E-state index contributed by atoms with van der Waals surface area (Å²) >= 11 is 0. The Bertz CT molecular complexity index is 582. The molecule has 1 amide bonds. The molecule has 110 valence electrons. The van der Waals surface area contributed by atoms with E-state index < -0.39 is 0 Å². The zero-order valence-electron chi connectivity index (χ0n) is 12.1. The summed E-state index contributed by atoms with van der Waals surface area (Å²) in [7, 11) is 0. The molecule has 0 spiro atoms. The molecule has 0 aliphatic rings. The molecule has 6 heteroatoms. The Morgan fingerprint density at radius 2 is 1.90 bits per heavy atom. The van der Waals surface area contributed by atoms with Crippen LogP contribution in [0.4, 0.5) is 11.5 Å². The standard InChI is InChI=1S/C15H18N4O2/c1-3-16-14-10-17-13(9-18-14)15(20)19-11-5-7-12(8-6-11)21-4-2/h5-10H,3-4H2,1-2H3,(H,16,18)(H,19,20). The lowest BCUT2D eigenvalue weighted by atomic mass is 10.3. The normalized spacial score (nSPS) is 10.0. The molecule has 1 heterocycles. The Morgan fingerprint density at radius 3 is 2.48 bits per heavy atom. The molecule has 6 nitrogen and oxygen atoms in total. The molecule has 0 atom stereocenters. The fourth-order valence-electron chi connectivity index (χ4n) is 1.71. The summed E-state index contributed by atoms with van der Waals surface area (Å²) in [5.41, 5.74) is 0.951. The molecule has 2 rings (SSSR count). The summed E-state index contributed by atoms with van der Waals surface area (Å²) in [5.74, 6) is 1.12. The topological polar surface area (TPSA) is 76.1 Å². The molecule has 21 heavy (non-hydrogen) atoms. The molecule has 1 aromatic carbocycles. The third-order valence-electron chi connectivity index (χ3n) is 2.67. The molecule has 2 N–H and O–H groups in total. The zero-order chi connectivity index (χ0) is 15.1. The van der Waals surface area contributed by atoms with Crippen LogP contribution in [-0.4, -0.2) is 29.0 Å². The Kier molecular flexibility index (Phi) is 5.09. The molecule has 2 aromatic rings. The molecule has 0 saturated heterocycles. The van der Waals surface area contributed by atoms with Crippen LogP contribution in [0.15, 0.2) is 36.7 Å². The number of hydrogen-bond donors (Lipinski definition) is 2. The fraction of sp³-hybridized carbons (Fsp3) is 0.267. The van der Waals surface area contributed by atoms with Crippen molar-refractivity contribution in [2.75, 3.05) is 23.8 Å². The molecule has 0 aliphatic heterocycles. The van der Waals surface area contributed by atoms with Gasteiger partial charge < -0.3 is 15.4 Å². The van der Waals surface area contributed by atoms with E-state index in [0.717, 1.165) is 12.3 Å². The van der Waals surface area contributed by atoms with Gasteiger partial charge in [-0.2, -0.15) is 0 Å². The molecule has 0 bridgehead atoms. The van der Waals surface area contributed by atoms with Gasteiger partial charge in [0.2, 0.25) is 0 Å². The van der Waals surface area contributed by atoms with Crippen LogP contribution in [-0.2, 0) is 0 Å². The van der Waals surface area contributed by atoms with Crippen LogP contribution < -0.4 is 15.4 Å². The van der Waals surface area contributed by atoms with Gasteiger partial charge in [-0.05, 0) is 38.1 Å². The van der Waals surface area contributed by atoms with Crippen molar-refractivity contribution in [3.8, 4) is 5.75 Å². The van der Waals surface area contributed by atoms with E-state index in [2.05, 4.69) is 20.6 Å². The lowest BCUT2D eigenvalue weighted by molar-refractivity contribution is 0.102. The molecule has 0 radical (unpaired) electrons. The maximum absolute atomic E-state index is 12.0. The quantitative estimate of drug-likeness (QED) is 0.853. The summed E-state index contributed by atoms with van der Waals surface area (Å²) in [6.07, 6.45) is 2.98. The molecule has 0 aliphatic carbocycles. The van der Waals surface area contributed by atoms with E-state index in [1.165, 1.54) is 12.4 Å². The Hall–Kier alpha value is -2.63. The number of amides is 1. The van der Waals surface area contributed by atoms with Crippen LogP contribution in [0.1, 0.15) is 24.3 Å². The van der Waals surface area contributed by atoms with E-state index in [0.29, 0.717) is 18.1 Å². The SMILES string of the molecule is CCNc1cnc(C(=O)Nc2ccc(OCC)cc2)cn1. The average Bonchev–Trinajstić information content (AvgIpc) is 2.50. The average molecular weight is 286 g/mol. The third-order valence-corrected chi connectivity index (χ3v) is 2.67. The summed E-state index contributed by atoms with van der Waals surface area (Å²) in [4.78, 5) is 20.2. The minimum atomic E-state index is -0.297. The van der Waals surface area contributed by atoms with Gasteiger partial charge in [0.05, 0.1) is 19.0 Å². The number of nitrogens with zero attached hydrogens (tertiary/aromatic N) is 2. The van der Waals surface area contributed by atoms with Crippen molar-refractivity contribution < 1.29 is 9.53 Å². The molecule has 0 saturated carbocycles. The van der Waals surface area contributed by atoms with Crippen molar-refractivity contribution in [2.24, 2.45) is 0 Å². The van der Waals surface area contributed by atoms with Crippen molar-refractivity contribution in [1.29, 1.82) is 0 Å². The first kappa shape index (κ1) is 14.8. The largest absolute Gasteiger partial charge is 0.494 e. The number of nitrogens with one attached hydrogen (secondary N) is 2. The zero-order valence-corrected chi connectivity index (χ0v) is 12.1. The van der Waals surface area contributed by atoms with Crippen molar-refractivity contribution in [3.63, 3.8) is 0 Å². The number of anilines is 2. The van der Waals surface area contributed by atoms with Gasteiger partial charge in [-0.1, -0.05) is 0 Å². The molecule has 0 fully saturated rings. The van der Waals surface area contributed by atoms with Gasteiger partial charge in [-0.25, -0.2) is 9.97 Å². The van der Waals surface area contributed by atoms with Crippen LogP contribution in [0.25, 0.3) is 0 Å². The highest BCUT2D eigenvalue weighted by molar-refractivity contribution is 6.02. The lowest BCUT2D eigenvalue weighted by Gasteiger charge is -2.07. The number of rotatable bonds is 6. The van der Waals surface area contributed by atoms with Crippen molar-refractivity contribution in [2.45, 2.75) is 13.8 Å². The van der Waals surface area contributed by atoms with Crippen LogP contribution in [0.2, 0.25) is 0 Å². The second-order valence-electron chi connectivity index (χ2n) is 4.23. The van der Waals surface area contributed by atoms with Crippen LogP contribution >= 0.6 is 0 Å². The summed E-state index contributed by atoms with van der Waals surface area (Å²) in [6, 6.07) is 7.17. The van der Waals surface area contributed by atoms with Gasteiger partial charge >= 0.3 is 0 Å². The summed E-state index contributed by atoms with van der Waals surface area (Å²) < 4.78 is 5.34. The van der Waals surface area contributed by atoms with Gasteiger partial charge in [0.15, 0.2) is 0 Å². The second kappa shape index (κ2) is 7.23. The van der Waals surface area contributed by atoms with Gasteiger partial charge in [-0.15, -0.1) is 0 Å². The third kappa shape index (κ3) is 4.17. The minimum absolute atomic E-state index is 0.269. The highest BCUT2D eigenvalue weighted by Gasteiger charge is 2.08. The second-order valence-corrected chi connectivity index (χ2v) is 4.23. The Morgan fingerprint density at radius 1 is 1.14 bits per heavy atom. The van der Waals surface area contributed by atoms with E-state index in [-0.39, 0.29) is 11.6 Å². The molecular weight excluding hydrogens is 268 g/mol. The van der Waals surface area contributed by atoms with Gasteiger partial charge in [-0.3, -0.25) is 4.79 Å². The number of carbonyl (C=O) groups is 1. The van der Waals surface area contributed by atoms with Gasteiger partial charge in [0, 0.05) is 12.2 Å². The first-order chi connectivity index (χ1) is 10.2. The predicted molar refractivity (Wildman–Crippen MR) is 81.8 cm³/mol. The van der Waals surface area contributed by atoms with Gasteiger partial charge in [0.25, 0.3) is 5.91 Å². The fourth-order valence-corrected chi connectivity index (χ4v) is 1.71. The number of carbonyl (C=O) groups excluding carboxylic acids is 1. The number of benzene rings is 1. The highest BCUT2D eigenvalue weighted by atomic mass is 16.5. The van der Waals surface area contributed by atoms with Crippen LogP contribution in [0.3, 0.4) is 0 Å². The van der Waals surface area contributed by atoms with Crippen molar-refractivity contribution >= 4 is 17.4 Å². The number of ether oxygens (including phenoxy) is 1. The first-order valence-corrected chi connectivity index (χ1v) is 6.83. The van der Waals surface area contributed by atoms with Crippen molar-refractivity contribution in [1.82, 2.24) is 9.97 Å². The van der Waals surface area contributed by atoms with E-state index in [4.69, 9.17) is 4.74 Å². The van der Waals surface area contributed by atoms with E-state index in [1.807, 2.05) is 13.8 Å². The predicted octanol–water partition coefficient (Wildman–Crippen LogP) is 2.56. The molecule has 1 aromatic heterocycles. The van der Waals surface area contributed by atoms with Gasteiger partial charge in [0.1, 0.15) is 17.3 Å². The van der Waals surface area contributed by atoms with Crippen LogP contribution in [0, 0.1) is 0 Å². The van der Waals surface area contributed by atoms with E-state index in [1.54, 1.807) is 24.3 Å². The maximum Gasteiger partial charge on any atom is 0.275 e. The summed E-state index contributed by atoms with van der Waals surface area (Å²) in [6.45, 7) is 5.26.